The predicted octanol–water partition coefficient (Wildman–Crippen LogP) is 3.22. The molecule has 0 radical (unpaired) electrons. The van der Waals surface area contributed by atoms with Crippen LogP contribution in [-0.4, -0.2) is 32.5 Å². The lowest BCUT2D eigenvalue weighted by Crippen LogP contribution is -2.36. The Kier molecular flexibility index (Phi) is 5.39. The first-order valence-corrected chi connectivity index (χ1v) is 9.51. The van der Waals surface area contributed by atoms with Crippen LogP contribution < -0.4 is 5.56 Å². The van der Waals surface area contributed by atoms with Gasteiger partial charge in [0.05, 0.1) is 12.0 Å². The molecule has 5 heteroatoms. The number of hydrogen-bond acceptors (Lipinski definition) is 4. The van der Waals surface area contributed by atoms with Crippen molar-refractivity contribution >= 4 is 0 Å². The summed E-state index contributed by atoms with van der Waals surface area (Å²) < 4.78 is 1.75. The Morgan fingerprint density at radius 1 is 1.04 bits per heavy atom. The van der Waals surface area contributed by atoms with Gasteiger partial charge < -0.3 is 0 Å². The maximum atomic E-state index is 12.5. The van der Waals surface area contributed by atoms with E-state index >= 15 is 0 Å². The minimum atomic E-state index is 0.00979. The van der Waals surface area contributed by atoms with E-state index in [1.54, 1.807) is 29.4 Å². The fourth-order valence-corrected chi connectivity index (χ4v) is 3.68. The zero-order valence-electron chi connectivity index (χ0n) is 15.4. The standard InChI is InChI=1S/C22H24N4O/c27-22-13-21(20-7-4-10-23-14-20)24-17-26(22)16-19-8-11-25(12-9-19)15-18-5-2-1-3-6-18/h1-7,10,13-14,17,19H,8-9,11-12,15-16H2. The largest absolute Gasteiger partial charge is 0.299 e. The fraction of sp³-hybridized carbons (Fsp3) is 0.318. The highest BCUT2D eigenvalue weighted by Crippen LogP contribution is 2.20. The average molecular weight is 360 g/mol. The first-order valence-electron chi connectivity index (χ1n) is 9.51. The molecule has 0 saturated carbocycles. The van der Waals surface area contributed by atoms with Crippen LogP contribution in [0.5, 0.6) is 0 Å². The van der Waals surface area contributed by atoms with E-state index in [-0.39, 0.29) is 5.56 Å². The third-order valence-electron chi connectivity index (χ3n) is 5.25. The van der Waals surface area contributed by atoms with Gasteiger partial charge in [-0.2, -0.15) is 0 Å². The zero-order chi connectivity index (χ0) is 18.5. The number of likely N-dealkylation sites (tertiary alicyclic amines) is 1. The molecule has 0 bridgehead atoms. The molecule has 0 spiro atoms. The number of benzene rings is 1. The van der Waals surface area contributed by atoms with Crippen molar-refractivity contribution in [1.82, 2.24) is 19.4 Å². The van der Waals surface area contributed by atoms with Crippen LogP contribution in [0.15, 0.2) is 72.0 Å². The number of rotatable bonds is 5. The van der Waals surface area contributed by atoms with Gasteiger partial charge in [-0.15, -0.1) is 0 Å². The van der Waals surface area contributed by atoms with Gasteiger partial charge in [0.1, 0.15) is 0 Å². The van der Waals surface area contributed by atoms with Gasteiger partial charge in [0, 0.05) is 37.1 Å². The van der Waals surface area contributed by atoms with Crippen molar-refractivity contribution in [3.8, 4) is 11.3 Å². The quantitative estimate of drug-likeness (QED) is 0.701. The lowest BCUT2D eigenvalue weighted by atomic mass is 9.96. The molecule has 0 unspecified atom stereocenters. The molecular weight excluding hydrogens is 336 g/mol. The van der Waals surface area contributed by atoms with E-state index in [0.29, 0.717) is 11.6 Å². The Hall–Kier alpha value is -2.79. The van der Waals surface area contributed by atoms with E-state index in [2.05, 4.69) is 45.2 Å². The summed E-state index contributed by atoms with van der Waals surface area (Å²) in [6.45, 7) is 3.91. The molecule has 1 fully saturated rings. The predicted molar refractivity (Wildman–Crippen MR) is 106 cm³/mol. The monoisotopic (exact) mass is 360 g/mol. The summed E-state index contributed by atoms with van der Waals surface area (Å²) in [5, 5.41) is 0. The summed E-state index contributed by atoms with van der Waals surface area (Å²) in [6, 6.07) is 16.0. The normalized spacial score (nSPS) is 15.7. The second-order valence-corrected chi connectivity index (χ2v) is 7.21. The lowest BCUT2D eigenvalue weighted by Gasteiger charge is -2.32. The summed E-state index contributed by atoms with van der Waals surface area (Å²) in [6.07, 6.45) is 7.36. The number of hydrogen-bond donors (Lipinski definition) is 0. The van der Waals surface area contributed by atoms with Crippen LogP contribution in [0.1, 0.15) is 18.4 Å². The first-order chi connectivity index (χ1) is 13.3. The summed E-state index contributed by atoms with van der Waals surface area (Å²) in [4.78, 5) is 23.5. The Balaban J connectivity index is 1.34. The molecule has 4 rings (SSSR count). The lowest BCUT2D eigenvalue weighted by molar-refractivity contribution is 0.166. The second kappa shape index (κ2) is 8.27. The third-order valence-corrected chi connectivity index (χ3v) is 5.25. The Morgan fingerprint density at radius 3 is 2.56 bits per heavy atom. The van der Waals surface area contributed by atoms with Crippen molar-refractivity contribution in [3.05, 3.63) is 83.2 Å². The Morgan fingerprint density at radius 2 is 1.85 bits per heavy atom. The summed E-state index contributed by atoms with van der Waals surface area (Å²) in [7, 11) is 0. The van der Waals surface area contributed by atoms with Gasteiger partial charge in [-0.05, 0) is 49.5 Å². The molecule has 27 heavy (non-hydrogen) atoms. The SMILES string of the molecule is O=c1cc(-c2cccnc2)ncn1CC1CCN(Cc2ccccc2)CC1. The third kappa shape index (κ3) is 4.49. The Labute approximate surface area is 159 Å². The highest BCUT2D eigenvalue weighted by molar-refractivity contribution is 5.56. The van der Waals surface area contributed by atoms with Crippen LogP contribution in [0.25, 0.3) is 11.3 Å². The molecule has 1 aromatic carbocycles. The van der Waals surface area contributed by atoms with Gasteiger partial charge in [0.15, 0.2) is 0 Å². The molecule has 0 N–H and O–H groups in total. The maximum absolute atomic E-state index is 12.5. The van der Waals surface area contributed by atoms with Crippen LogP contribution in [0.2, 0.25) is 0 Å². The van der Waals surface area contributed by atoms with Crippen molar-refractivity contribution in [2.45, 2.75) is 25.9 Å². The molecule has 1 saturated heterocycles. The van der Waals surface area contributed by atoms with Gasteiger partial charge in [-0.1, -0.05) is 30.3 Å². The van der Waals surface area contributed by atoms with E-state index in [1.165, 1.54) is 5.56 Å². The molecule has 3 heterocycles. The van der Waals surface area contributed by atoms with Crippen molar-refractivity contribution in [2.75, 3.05) is 13.1 Å². The van der Waals surface area contributed by atoms with E-state index in [0.717, 1.165) is 44.6 Å². The van der Waals surface area contributed by atoms with Gasteiger partial charge in [-0.3, -0.25) is 19.2 Å². The van der Waals surface area contributed by atoms with Crippen LogP contribution in [0.3, 0.4) is 0 Å². The minimum Gasteiger partial charge on any atom is -0.299 e. The molecular formula is C22H24N4O. The minimum absolute atomic E-state index is 0.00979. The van der Waals surface area contributed by atoms with Gasteiger partial charge in [0.25, 0.3) is 5.56 Å². The molecule has 138 valence electrons. The van der Waals surface area contributed by atoms with Crippen LogP contribution in [0, 0.1) is 5.92 Å². The maximum Gasteiger partial charge on any atom is 0.253 e. The summed E-state index contributed by atoms with van der Waals surface area (Å²) in [5.41, 5.74) is 2.93. The molecule has 1 aliphatic rings. The van der Waals surface area contributed by atoms with Crippen molar-refractivity contribution in [2.24, 2.45) is 5.92 Å². The molecule has 3 aromatic rings. The van der Waals surface area contributed by atoms with Gasteiger partial charge in [-0.25, -0.2) is 4.98 Å². The second-order valence-electron chi connectivity index (χ2n) is 7.21. The number of aromatic nitrogens is 3. The highest BCUT2D eigenvalue weighted by Gasteiger charge is 2.20. The molecule has 2 aromatic heterocycles. The number of nitrogens with zero attached hydrogens (tertiary/aromatic N) is 4. The van der Waals surface area contributed by atoms with Crippen LogP contribution in [0.4, 0.5) is 0 Å². The van der Waals surface area contributed by atoms with E-state index in [1.807, 2.05) is 12.1 Å². The zero-order valence-corrected chi connectivity index (χ0v) is 15.4. The van der Waals surface area contributed by atoms with Gasteiger partial charge >= 0.3 is 0 Å². The molecule has 1 aliphatic heterocycles. The molecule has 0 amide bonds. The smallest absolute Gasteiger partial charge is 0.253 e. The van der Waals surface area contributed by atoms with Crippen molar-refractivity contribution in [3.63, 3.8) is 0 Å². The molecule has 5 nitrogen and oxygen atoms in total. The Bertz CT molecular complexity index is 916. The van der Waals surface area contributed by atoms with Crippen LogP contribution in [-0.2, 0) is 13.1 Å². The highest BCUT2D eigenvalue weighted by atomic mass is 16.1. The molecule has 0 aliphatic carbocycles. The average Bonchev–Trinajstić information content (AvgIpc) is 2.72. The van der Waals surface area contributed by atoms with Crippen molar-refractivity contribution < 1.29 is 0 Å². The van der Waals surface area contributed by atoms with Crippen LogP contribution >= 0.6 is 0 Å². The molecule has 0 atom stereocenters. The summed E-state index contributed by atoms with van der Waals surface area (Å²) >= 11 is 0. The van der Waals surface area contributed by atoms with Gasteiger partial charge in [0.2, 0.25) is 0 Å². The topological polar surface area (TPSA) is 51.0 Å². The van der Waals surface area contributed by atoms with E-state index < -0.39 is 0 Å². The fourth-order valence-electron chi connectivity index (χ4n) is 3.68. The van der Waals surface area contributed by atoms with Crippen molar-refractivity contribution in [1.29, 1.82) is 0 Å². The summed E-state index contributed by atoms with van der Waals surface area (Å²) in [5.74, 6) is 0.528. The number of pyridine rings is 1. The van der Waals surface area contributed by atoms with E-state index in [4.69, 9.17) is 0 Å². The first kappa shape index (κ1) is 17.6. The van der Waals surface area contributed by atoms with E-state index in [9.17, 15) is 4.79 Å². The number of piperidine rings is 1.